The number of carbonyl (C=O) groups is 1. The first kappa shape index (κ1) is 17.3. The van der Waals surface area contributed by atoms with Gasteiger partial charge in [0.15, 0.2) is 0 Å². The van der Waals surface area contributed by atoms with Crippen LogP contribution in [0.1, 0.15) is 28.2 Å². The largest absolute Gasteiger partial charge is 0.449 e. The number of aliphatic hydroxyl groups is 1. The lowest BCUT2D eigenvalue weighted by molar-refractivity contribution is 0.142. The van der Waals surface area contributed by atoms with Crippen LogP contribution in [0.4, 0.5) is 4.79 Å². The number of hydrogen-bond donors (Lipinski definition) is 2. The van der Waals surface area contributed by atoms with E-state index in [4.69, 9.17) is 9.84 Å². The SMILES string of the molecule is O=C(NCc1ccc(CO)cc1)OCC1c2ccccc2-c2ccccc21. The lowest BCUT2D eigenvalue weighted by atomic mass is 9.98. The van der Waals surface area contributed by atoms with Crippen molar-refractivity contribution in [3.05, 3.63) is 95.1 Å². The summed E-state index contributed by atoms with van der Waals surface area (Å²) in [5.41, 5.74) is 6.63. The van der Waals surface area contributed by atoms with Gasteiger partial charge in [-0.1, -0.05) is 72.8 Å². The summed E-state index contributed by atoms with van der Waals surface area (Å²) in [6, 6.07) is 24.0. The molecule has 0 radical (unpaired) electrons. The number of hydrogen-bond acceptors (Lipinski definition) is 3. The van der Waals surface area contributed by atoms with E-state index < -0.39 is 6.09 Å². The molecule has 0 saturated heterocycles. The van der Waals surface area contributed by atoms with Crippen LogP contribution in [0.3, 0.4) is 0 Å². The zero-order chi connectivity index (χ0) is 18.6. The molecule has 1 amide bonds. The van der Waals surface area contributed by atoms with Crippen molar-refractivity contribution in [2.24, 2.45) is 0 Å². The molecule has 2 N–H and O–H groups in total. The Balaban J connectivity index is 1.39. The third-order valence-corrected chi connectivity index (χ3v) is 4.99. The van der Waals surface area contributed by atoms with E-state index in [2.05, 4.69) is 29.6 Å². The number of alkyl carbamates (subject to hydrolysis) is 1. The molecular weight excluding hydrogens is 338 g/mol. The summed E-state index contributed by atoms with van der Waals surface area (Å²) < 4.78 is 5.52. The second kappa shape index (κ2) is 7.64. The van der Waals surface area contributed by atoms with Crippen molar-refractivity contribution in [2.45, 2.75) is 19.1 Å². The number of amides is 1. The molecule has 0 aromatic heterocycles. The molecule has 3 aromatic rings. The highest BCUT2D eigenvalue weighted by molar-refractivity contribution is 5.79. The highest BCUT2D eigenvalue weighted by Gasteiger charge is 2.28. The normalized spacial score (nSPS) is 12.3. The van der Waals surface area contributed by atoms with Gasteiger partial charge in [-0.3, -0.25) is 0 Å². The number of carbonyl (C=O) groups excluding carboxylic acids is 1. The van der Waals surface area contributed by atoms with Crippen LogP contribution >= 0.6 is 0 Å². The van der Waals surface area contributed by atoms with Gasteiger partial charge in [0.05, 0.1) is 6.61 Å². The van der Waals surface area contributed by atoms with Crippen molar-refractivity contribution >= 4 is 6.09 Å². The van der Waals surface area contributed by atoms with Crippen LogP contribution in [0.15, 0.2) is 72.8 Å². The van der Waals surface area contributed by atoms with E-state index in [-0.39, 0.29) is 12.5 Å². The summed E-state index contributed by atoms with van der Waals surface area (Å²) in [4.78, 5) is 12.1. The lowest BCUT2D eigenvalue weighted by Gasteiger charge is -2.14. The third kappa shape index (κ3) is 3.57. The summed E-state index contributed by atoms with van der Waals surface area (Å²) in [6.45, 7) is 0.714. The molecule has 1 aliphatic rings. The van der Waals surface area contributed by atoms with Crippen molar-refractivity contribution in [1.29, 1.82) is 0 Å². The molecule has 0 unspecified atom stereocenters. The van der Waals surface area contributed by atoms with Gasteiger partial charge < -0.3 is 15.2 Å². The van der Waals surface area contributed by atoms with Crippen molar-refractivity contribution in [1.82, 2.24) is 5.32 Å². The van der Waals surface area contributed by atoms with Crippen LogP contribution in [0.5, 0.6) is 0 Å². The Morgan fingerprint density at radius 1 is 0.852 bits per heavy atom. The third-order valence-electron chi connectivity index (χ3n) is 4.99. The smallest absolute Gasteiger partial charge is 0.407 e. The molecule has 27 heavy (non-hydrogen) atoms. The van der Waals surface area contributed by atoms with Crippen molar-refractivity contribution in [3.63, 3.8) is 0 Å². The molecule has 4 nitrogen and oxygen atoms in total. The maximum atomic E-state index is 12.1. The molecule has 0 aliphatic heterocycles. The first-order valence-corrected chi connectivity index (χ1v) is 9.04. The topological polar surface area (TPSA) is 58.6 Å². The predicted octanol–water partition coefficient (Wildman–Crippen LogP) is 4.22. The van der Waals surface area contributed by atoms with E-state index in [1.165, 1.54) is 22.3 Å². The van der Waals surface area contributed by atoms with Crippen molar-refractivity contribution in [3.8, 4) is 11.1 Å². The Morgan fingerprint density at radius 2 is 1.41 bits per heavy atom. The Labute approximate surface area is 158 Å². The molecule has 4 rings (SSSR count). The van der Waals surface area contributed by atoms with Gasteiger partial charge in [-0.2, -0.15) is 0 Å². The van der Waals surface area contributed by atoms with Gasteiger partial charge in [-0.05, 0) is 33.4 Å². The van der Waals surface area contributed by atoms with E-state index in [1.807, 2.05) is 48.5 Å². The molecule has 0 bridgehead atoms. The number of rotatable bonds is 5. The fourth-order valence-electron chi connectivity index (χ4n) is 3.59. The molecule has 3 aromatic carbocycles. The van der Waals surface area contributed by atoms with Crippen molar-refractivity contribution < 1.29 is 14.6 Å². The Hall–Kier alpha value is -3.11. The molecule has 136 valence electrons. The number of fused-ring (bicyclic) bond motifs is 3. The van der Waals surface area contributed by atoms with Gasteiger partial charge in [0, 0.05) is 12.5 Å². The van der Waals surface area contributed by atoms with Crippen LogP contribution in [0, 0.1) is 0 Å². The average Bonchev–Trinajstić information content (AvgIpc) is 3.05. The van der Waals surface area contributed by atoms with Crippen LogP contribution in [0.25, 0.3) is 11.1 Å². The van der Waals surface area contributed by atoms with Gasteiger partial charge in [0.2, 0.25) is 0 Å². The molecule has 0 saturated carbocycles. The van der Waals surface area contributed by atoms with Gasteiger partial charge in [0.1, 0.15) is 6.61 Å². The quantitative estimate of drug-likeness (QED) is 0.717. The maximum Gasteiger partial charge on any atom is 0.407 e. The Bertz CT molecular complexity index is 904. The lowest BCUT2D eigenvalue weighted by Crippen LogP contribution is -2.25. The van der Waals surface area contributed by atoms with Gasteiger partial charge in [0.25, 0.3) is 0 Å². The monoisotopic (exact) mass is 359 g/mol. The predicted molar refractivity (Wildman–Crippen MR) is 104 cm³/mol. The minimum Gasteiger partial charge on any atom is -0.449 e. The second-order valence-corrected chi connectivity index (χ2v) is 6.65. The first-order chi connectivity index (χ1) is 13.3. The van der Waals surface area contributed by atoms with Gasteiger partial charge in [-0.25, -0.2) is 4.79 Å². The number of ether oxygens (including phenoxy) is 1. The summed E-state index contributed by atoms with van der Waals surface area (Å²) in [5, 5.41) is 11.9. The minimum absolute atomic E-state index is 0.0140. The van der Waals surface area contributed by atoms with Gasteiger partial charge >= 0.3 is 6.09 Å². The van der Waals surface area contributed by atoms with E-state index in [0.717, 1.165) is 11.1 Å². The van der Waals surface area contributed by atoms with Crippen LogP contribution in [-0.4, -0.2) is 17.8 Å². The van der Waals surface area contributed by atoms with Crippen LogP contribution in [0.2, 0.25) is 0 Å². The Morgan fingerprint density at radius 3 is 2.00 bits per heavy atom. The molecule has 0 atom stereocenters. The molecule has 0 spiro atoms. The van der Waals surface area contributed by atoms with E-state index >= 15 is 0 Å². The number of benzene rings is 3. The molecule has 4 heteroatoms. The summed E-state index contributed by atoms with van der Waals surface area (Å²) in [6.07, 6.45) is -0.428. The second-order valence-electron chi connectivity index (χ2n) is 6.65. The summed E-state index contributed by atoms with van der Waals surface area (Å²) in [5.74, 6) is 0.0620. The van der Waals surface area contributed by atoms with Gasteiger partial charge in [-0.15, -0.1) is 0 Å². The van der Waals surface area contributed by atoms with E-state index in [0.29, 0.717) is 13.2 Å². The minimum atomic E-state index is -0.428. The standard InChI is InChI=1S/C23H21NO3/c25-14-17-11-9-16(10-12-17)13-24-23(26)27-15-22-20-7-3-1-5-18(20)19-6-2-4-8-21(19)22/h1-12,22,25H,13-15H2,(H,24,26). The first-order valence-electron chi connectivity index (χ1n) is 9.04. The van der Waals surface area contributed by atoms with Crippen LogP contribution < -0.4 is 5.32 Å². The highest BCUT2D eigenvalue weighted by Crippen LogP contribution is 2.44. The zero-order valence-corrected chi connectivity index (χ0v) is 14.9. The maximum absolute atomic E-state index is 12.1. The molecule has 1 aliphatic carbocycles. The fraction of sp³-hybridized carbons (Fsp3) is 0.174. The average molecular weight is 359 g/mol. The number of aliphatic hydroxyl groups excluding tert-OH is 1. The van der Waals surface area contributed by atoms with Crippen molar-refractivity contribution in [2.75, 3.05) is 6.61 Å². The fourth-order valence-corrected chi connectivity index (χ4v) is 3.59. The Kier molecular flexibility index (Phi) is 4.90. The van der Waals surface area contributed by atoms with Crippen LogP contribution in [-0.2, 0) is 17.9 Å². The molecular formula is C23H21NO3. The number of nitrogens with one attached hydrogen (secondary N) is 1. The molecule has 0 heterocycles. The highest BCUT2D eigenvalue weighted by atomic mass is 16.5. The zero-order valence-electron chi connectivity index (χ0n) is 14.9. The molecule has 0 fully saturated rings. The summed E-state index contributed by atoms with van der Waals surface area (Å²) >= 11 is 0. The summed E-state index contributed by atoms with van der Waals surface area (Å²) in [7, 11) is 0. The van der Waals surface area contributed by atoms with E-state index in [1.54, 1.807) is 0 Å². The van der Waals surface area contributed by atoms with E-state index in [9.17, 15) is 4.79 Å².